The van der Waals surface area contributed by atoms with Gasteiger partial charge in [-0.3, -0.25) is 4.79 Å². The quantitative estimate of drug-likeness (QED) is 0.359. The van der Waals surface area contributed by atoms with Gasteiger partial charge in [-0.05, 0) is 122 Å². The number of carbonyl (C=O) groups excluding carboxylic acids is 1. The van der Waals surface area contributed by atoms with Gasteiger partial charge in [0, 0.05) is 30.5 Å². The van der Waals surface area contributed by atoms with Crippen molar-refractivity contribution < 1.29 is 9.90 Å². The number of carbonyl (C=O) groups is 1. The van der Waals surface area contributed by atoms with Crippen molar-refractivity contribution in [1.82, 2.24) is 14.8 Å². The standard InChI is InChI=1S/C38H51N5O2/c1-23(2)31-29(44)21-38(33(45)35-42-41-34(43(35)20-19-39)25-10-8-24(22-40)9-11-25)18-15-28-27(32(31)38)12-13-30-36(3)16-6-5-7-26(36)14-17-37(28,30)4/h8-11,23,26-28,30,33,45H,5-7,12-21,39H2,1-4H3. The van der Waals surface area contributed by atoms with Crippen LogP contribution in [0.1, 0.15) is 116 Å². The minimum Gasteiger partial charge on any atom is -0.384 e. The number of nitrogens with zero attached hydrogens (tertiary/aromatic N) is 4. The van der Waals surface area contributed by atoms with Gasteiger partial charge >= 0.3 is 0 Å². The SMILES string of the molecule is CC(C)C1=C2C3CCC4C5(C)CCCCC5CCC4(C)C3CCC2(C(O)c2nnc(-c3ccc(C#N)cc3)n2CCN)CC1=O. The van der Waals surface area contributed by atoms with E-state index in [-0.39, 0.29) is 17.1 Å². The van der Waals surface area contributed by atoms with Crippen molar-refractivity contribution in [2.75, 3.05) is 6.54 Å². The van der Waals surface area contributed by atoms with Crippen LogP contribution in [0.2, 0.25) is 0 Å². The molecule has 4 saturated carbocycles. The Morgan fingerprint density at radius 2 is 1.80 bits per heavy atom. The number of fused-ring (bicyclic) bond motifs is 7. The van der Waals surface area contributed by atoms with E-state index in [0.717, 1.165) is 42.2 Å². The highest BCUT2D eigenvalue weighted by atomic mass is 16.3. The molecule has 8 atom stereocenters. The topological polar surface area (TPSA) is 118 Å². The molecule has 0 saturated heterocycles. The van der Waals surface area contributed by atoms with Gasteiger partial charge in [-0.25, -0.2) is 0 Å². The van der Waals surface area contributed by atoms with Gasteiger partial charge in [0.2, 0.25) is 0 Å². The van der Waals surface area contributed by atoms with Crippen LogP contribution in [0.5, 0.6) is 0 Å². The van der Waals surface area contributed by atoms with Crippen molar-refractivity contribution in [3.8, 4) is 17.5 Å². The molecule has 2 aromatic rings. The average molecular weight is 610 g/mol. The molecular formula is C38H51N5O2. The molecule has 7 nitrogen and oxygen atoms in total. The highest BCUT2D eigenvalue weighted by molar-refractivity contribution is 6.00. The van der Waals surface area contributed by atoms with Crippen LogP contribution < -0.4 is 5.73 Å². The van der Waals surface area contributed by atoms with E-state index in [0.29, 0.717) is 54.0 Å². The number of nitrogens with two attached hydrogens (primary N) is 1. The minimum absolute atomic E-state index is 0.119. The fraction of sp³-hybridized carbons (Fsp3) is 0.684. The largest absolute Gasteiger partial charge is 0.384 e. The van der Waals surface area contributed by atoms with E-state index >= 15 is 0 Å². The summed E-state index contributed by atoms with van der Waals surface area (Å²) in [5, 5.41) is 31.0. The third-order valence-electron chi connectivity index (χ3n) is 13.8. The zero-order valence-electron chi connectivity index (χ0n) is 27.7. The first kappa shape index (κ1) is 30.8. The predicted octanol–water partition coefficient (Wildman–Crippen LogP) is 7.15. The van der Waals surface area contributed by atoms with Gasteiger partial charge in [-0.2, -0.15) is 5.26 Å². The van der Waals surface area contributed by atoms with E-state index < -0.39 is 11.5 Å². The van der Waals surface area contributed by atoms with Crippen LogP contribution in [0.15, 0.2) is 35.4 Å². The van der Waals surface area contributed by atoms with Gasteiger partial charge in [0.05, 0.1) is 11.6 Å². The average Bonchev–Trinajstić information content (AvgIpc) is 3.59. The summed E-state index contributed by atoms with van der Waals surface area (Å²) >= 11 is 0. The first-order valence-electron chi connectivity index (χ1n) is 17.7. The van der Waals surface area contributed by atoms with Crippen molar-refractivity contribution in [2.45, 2.75) is 111 Å². The molecule has 0 spiro atoms. The number of hydrogen-bond donors (Lipinski definition) is 2. The van der Waals surface area contributed by atoms with Gasteiger partial charge in [-0.1, -0.05) is 46.1 Å². The zero-order chi connectivity index (χ0) is 31.7. The fourth-order valence-electron chi connectivity index (χ4n) is 11.9. The Balaban J connectivity index is 1.29. The highest BCUT2D eigenvalue weighted by Gasteiger charge is 2.65. The van der Waals surface area contributed by atoms with E-state index in [4.69, 9.17) is 5.73 Å². The molecule has 0 amide bonds. The Hall–Kier alpha value is -2.82. The lowest BCUT2D eigenvalue weighted by Crippen LogP contribution is -2.58. The number of allylic oxidation sites excluding steroid dienone is 1. The van der Waals surface area contributed by atoms with Crippen LogP contribution in [-0.4, -0.2) is 32.2 Å². The number of hydrogen-bond acceptors (Lipinski definition) is 6. The van der Waals surface area contributed by atoms with Gasteiger partial charge in [-0.15, -0.1) is 10.2 Å². The lowest BCUT2D eigenvalue weighted by molar-refractivity contribution is -0.155. The van der Waals surface area contributed by atoms with Crippen LogP contribution in [-0.2, 0) is 11.3 Å². The molecule has 0 aliphatic heterocycles. The van der Waals surface area contributed by atoms with Crippen molar-refractivity contribution in [3.63, 3.8) is 0 Å². The smallest absolute Gasteiger partial charge is 0.164 e. The number of nitriles is 1. The summed E-state index contributed by atoms with van der Waals surface area (Å²) in [5.74, 6) is 3.94. The maximum atomic E-state index is 14.0. The molecule has 5 aliphatic carbocycles. The van der Waals surface area contributed by atoms with E-state index in [9.17, 15) is 15.2 Å². The molecule has 1 aromatic heterocycles. The Kier molecular flexibility index (Phi) is 7.64. The third-order valence-corrected chi connectivity index (χ3v) is 13.8. The van der Waals surface area contributed by atoms with Crippen LogP contribution in [0.4, 0.5) is 0 Å². The lowest BCUT2D eigenvalue weighted by Gasteiger charge is -2.66. The second-order valence-corrected chi connectivity index (χ2v) is 16.0. The molecule has 1 heterocycles. The molecule has 4 fully saturated rings. The van der Waals surface area contributed by atoms with Crippen LogP contribution in [0.25, 0.3) is 11.4 Å². The first-order chi connectivity index (χ1) is 21.6. The van der Waals surface area contributed by atoms with E-state index in [2.05, 4.69) is 44.0 Å². The summed E-state index contributed by atoms with van der Waals surface area (Å²) < 4.78 is 1.95. The Morgan fingerprint density at radius 1 is 1.02 bits per heavy atom. The lowest BCUT2D eigenvalue weighted by atomic mass is 9.39. The maximum absolute atomic E-state index is 14.0. The predicted molar refractivity (Wildman–Crippen MR) is 174 cm³/mol. The molecule has 240 valence electrons. The zero-order valence-corrected chi connectivity index (χ0v) is 27.7. The second kappa shape index (κ2) is 11.2. The Labute approximate surface area is 268 Å². The van der Waals surface area contributed by atoms with Gasteiger partial charge < -0.3 is 15.4 Å². The van der Waals surface area contributed by atoms with E-state index in [1.807, 2.05) is 16.7 Å². The highest BCUT2D eigenvalue weighted by Crippen LogP contribution is 2.72. The Morgan fingerprint density at radius 3 is 2.51 bits per heavy atom. The molecular weight excluding hydrogens is 558 g/mol. The second-order valence-electron chi connectivity index (χ2n) is 16.0. The number of aromatic nitrogens is 3. The van der Waals surface area contributed by atoms with Crippen molar-refractivity contribution in [1.29, 1.82) is 5.26 Å². The molecule has 0 radical (unpaired) electrons. The van der Waals surface area contributed by atoms with Crippen LogP contribution in [0.3, 0.4) is 0 Å². The van der Waals surface area contributed by atoms with Crippen LogP contribution >= 0.6 is 0 Å². The summed E-state index contributed by atoms with van der Waals surface area (Å²) in [5.41, 5.74) is 9.81. The summed E-state index contributed by atoms with van der Waals surface area (Å²) in [7, 11) is 0. The van der Waals surface area contributed by atoms with Gasteiger partial charge in [0.25, 0.3) is 0 Å². The number of ketones is 1. The summed E-state index contributed by atoms with van der Waals surface area (Å²) in [4.78, 5) is 14.0. The number of rotatable bonds is 6. The van der Waals surface area contributed by atoms with Crippen LogP contribution in [0, 0.1) is 57.2 Å². The third kappa shape index (κ3) is 4.45. The maximum Gasteiger partial charge on any atom is 0.164 e. The van der Waals surface area contributed by atoms with E-state index in [1.165, 1.54) is 50.5 Å². The van der Waals surface area contributed by atoms with Gasteiger partial charge in [0.1, 0.15) is 6.10 Å². The van der Waals surface area contributed by atoms with Crippen molar-refractivity contribution >= 4 is 5.78 Å². The van der Waals surface area contributed by atoms with E-state index in [1.54, 1.807) is 12.1 Å². The molecule has 7 rings (SSSR count). The molecule has 7 heteroatoms. The monoisotopic (exact) mass is 609 g/mol. The van der Waals surface area contributed by atoms with Gasteiger partial charge in [0.15, 0.2) is 17.4 Å². The minimum atomic E-state index is -0.947. The number of benzene rings is 1. The molecule has 45 heavy (non-hydrogen) atoms. The number of aliphatic hydroxyl groups excluding tert-OH is 1. The normalized spacial score (nSPS) is 36.6. The molecule has 3 N–H and O–H groups in total. The number of Topliss-reactive ketones (excluding diaryl/α,β-unsaturated/α-hetero) is 1. The summed E-state index contributed by atoms with van der Waals surface area (Å²) in [6.45, 7) is 10.4. The molecule has 0 bridgehead atoms. The first-order valence-corrected chi connectivity index (χ1v) is 17.7. The van der Waals surface area contributed by atoms with Crippen molar-refractivity contribution in [2.24, 2.45) is 51.6 Å². The number of aliphatic hydroxyl groups is 1. The Bertz CT molecular complexity index is 1550. The molecule has 1 aromatic carbocycles. The molecule has 8 unspecified atom stereocenters. The summed E-state index contributed by atoms with van der Waals surface area (Å²) in [6, 6.07) is 9.46. The fourth-order valence-corrected chi connectivity index (χ4v) is 11.9. The van der Waals surface area contributed by atoms with Crippen molar-refractivity contribution in [3.05, 3.63) is 46.8 Å². The summed E-state index contributed by atoms with van der Waals surface area (Å²) in [6.07, 6.45) is 11.8. The molecule has 5 aliphatic rings.